The third-order valence-electron chi connectivity index (χ3n) is 0.830. The molecule has 0 spiro atoms. The second-order valence-electron chi connectivity index (χ2n) is 1.58. The van der Waals surface area contributed by atoms with Gasteiger partial charge in [0.25, 0.3) is 0 Å². The van der Waals surface area contributed by atoms with Gasteiger partial charge in [-0.3, -0.25) is 0 Å². The van der Waals surface area contributed by atoms with Crippen LogP contribution in [0, 0.1) is 0 Å². The molecule has 0 aromatic carbocycles. The number of rotatable bonds is 0. The Morgan fingerprint density at radius 1 is 2.00 bits per heavy atom. The molecule has 1 N–H and O–H groups in total. The standard InChI is InChI=1S/C4H7ClN2/c1-7-3-4(5)2-6-7/h2,6H,3H2,1H3. The van der Waals surface area contributed by atoms with Gasteiger partial charge in [-0.25, -0.2) is 5.01 Å². The van der Waals surface area contributed by atoms with E-state index < -0.39 is 0 Å². The fraction of sp³-hybridized carbons (Fsp3) is 0.500. The SMILES string of the molecule is CN1CC(Cl)=CN1. The molecule has 40 valence electrons. The van der Waals surface area contributed by atoms with Crippen molar-refractivity contribution in [2.75, 3.05) is 13.6 Å². The van der Waals surface area contributed by atoms with Gasteiger partial charge in [0.15, 0.2) is 0 Å². The van der Waals surface area contributed by atoms with Gasteiger partial charge in [-0.2, -0.15) is 0 Å². The zero-order valence-electron chi connectivity index (χ0n) is 4.11. The van der Waals surface area contributed by atoms with Crippen molar-refractivity contribution >= 4 is 11.6 Å². The molecule has 0 atom stereocenters. The van der Waals surface area contributed by atoms with Crippen molar-refractivity contribution in [2.24, 2.45) is 0 Å². The second-order valence-corrected chi connectivity index (χ2v) is 2.06. The van der Waals surface area contributed by atoms with Crippen LogP contribution < -0.4 is 5.43 Å². The Morgan fingerprint density at radius 3 is 2.86 bits per heavy atom. The van der Waals surface area contributed by atoms with Crippen LogP contribution in [0.2, 0.25) is 0 Å². The molecule has 0 saturated carbocycles. The number of hydrogen-bond acceptors (Lipinski definition) is 2. The maximum Gasteiger partial charge on any atom is 0.0548 e. The smallest absolute Gasteiger partial charge is 0.0548 e. The summed E-state index contributed by atoms with van der Waals surface area (Å²) < 4.78 is 0. The number of halogens is 1. The van der Waals surface area contributed by atoms with Crippen LogP contribution in [0.25, 0.3) is 0 Å². The average Bonchev–Trinajstić information content (AvgIpc) is 1.87. The van der Waals surface area contributed by atoms with Crippen molar-refractivity contribution in [3.63, 3.8) is 0 Å². The van der Waals surface area contributed by atoms with Crippen molar-refractivity contribution in [1.29, 1.82) is 0 Å². The van der Waals surface area contributed by atoms with Crippen molar-refractivity contribution < 1.29 is 0 Å². The molecule has 7 heavy (non-hydrogen) atoms. The molecule has 1 heterocycles. The molecule has 0 aromatic heterocycles. The Hall–Kier alpha value is -0.210. The minimum Gasteiger partial charge on any atom is -0.325 e. The van der Waals surface area contributed by atoms with Crippen LogP contribution in [0.3, 0.4) is 0 Å². The highest BCUT2D eigenvalue weighted by atomic mass is 35.5. The van der Waals surface area contributed by atoms with E-state index in [-0.39, 0.29) is 0 Å². The average molecular weight is 119 g/mol. The normalized spacial score (nSPS) is 21.7. The molecule has 0 bridgehead atoms. The van der Waals surface area contributed by atoms with Crippen LogP contribution >= 0.6 is 11.6 Å². The summed E-state index contributed by atoms with van der Waals surface area (Å²) in [4.78, 5) is 0. The number of hydrogen-bond donors (Lipinski definition) is 1. The summed E-state index contributed by atoms with van der Waals surface area (Å²) in [5.74, 6) is 0. The Kier molecular flexibility index (Phi) is 1.21. The summed E-state index contributed by atoms with van der Waals surface area (Å²) in [5.41, 5.74) is 2.91. The van der Waals surface area contributed by atoms with Gasteiger partial charge in [0.1, 0.15) is 0 Å². The zero-order valence-corrected chi connectivity index (χ0v) is 4.87. The second kappa shape index (κ2) is 1.72. The molecule has 1 rings (SSSR count). The highest BCUT2D eigenvalue weighted by Gasteiger charge is 2.03. The number of likely N-dealkylation sites (N-methyl/N-ethyl adjacent to an activating group) is 1. The Labute approximate surface area is 47.7 Å². The quantitative estimate of drug-likeness (QED) is 0.499. The third-order valence-corrected chi connectivity index (χ3v) is 1.06. The van der Waals surface area contributed by atoms with E-state index in [0.717, 1.165) is 11.6 Å². The molecule has 0 amide bonds. The lowest BCUT2D eigenvalue weighted by molar-refractivity contribution is 0.331. The van der Waals surface area contributed by atoms with Gasteiger partial charge < -0.3 is 5.43 Å². The van der Waals surface area contributed by atoms with Crippen molar-refractivity contribution in [3.8, 4) is 0 Å². The fourth-order valence-corrected chi connectivity index (χ4v) is 0.726. The molecule has 0 aliphatic carbocycles. The van der Waals surface area contributed by atoms with E-state index in [4.69, 9.17) is 11.6 Å². The molecule has 0 radical (unpaired) electrons. The van der Waals surface area contributed by atoms with Gasteiger partial charge in [0.05, 0.1) is 11.6 Å². The fourth-order valence-electron chi connectivity index (χ4n) is 0.498. The van der Waals surface area contributed by atoms with Gasteiger partial charge in [0, 0.05) is 13.2 Å². The van der Waals surface area contributed by atoms with Crippen LogP contribution in [0.15, 0.2) is 11.2 Å². The molecule has 3 heteroatoms. The van der Waals surface area contributed by atoms with Crippen LogP contribution in [-0.2, 0) is 0 Å². The van der Waals surface area contributed by atoms with E-state index in [0.29, 0.717) is 0 Å². The van der Waals surface area contributed by atoms with E-state index in [1.165, 1.54) is 0 Å². The summed E-state index contributed by atoms with van der Waals surface area (Å²) in [6.45, 7) is 0.821. The van der Waals surface area contributed by atoms with Crippen molar-refractivity contribution in [2.45, 2.75) is 0 Å². The largest absolute Gasteiger partial charge is 0.325 e. The first-order valence-corrected chi connectivity index (χ1v) is 2.48. The summed E-state index contributed by atoms with van der Waals surface area (Å²) in [6.07, 6.45) is 1.78. The monoisotopic (exact) mass is 118 g/mol. The third kappa shape index (κ3) is 1.08. The minimum absolute atomic E-state index is 0.821. The molecule has 2 nitrogen and oxygen atoms in total. The lowest BCUT2D eigenvalue weighted by Crippen LogP contribution is -2.24. The summed E-state index contributed by atoms with van der Waals surface area (Å²) in [7, 11) is 1.94. The predicted octanol–water partition coefficient (Wildman–Crippen LogP) is 0.517. The number of hydrazine groups is 1. The molecule has 1 aliphatic heterocycles. The molecule has 1 aliphatic rings. The van der Waals surface area contributed by atoms with Crippen molar-refractivity contribution in [3.05, 3.63) is 11.2 Å². The molecule has 0 unspecified atom stereocenters. The molecule has 0 fully saturated rings. The summed E-state index contributed by atoms with van der Waals surface area (Å²) in [6, 6.07) is 0. The molecular weight excluding hydrogens is 112 g/mol. The molecule has 0 aromatic rings. The van der Waals surface area contributed by atoms with Gasteiger partial charge >= 0.3 is 0 Å². The Balaban J connectivity index is 2.42. The van der Waals surface area contributed by atoms with Crippen LogP contribution in [0.5, 0.6) is 0 Å². The zero-order chi connectivity index (χ0) is 5.28. The predicted molar refractivity (Wildman–Crippen MR) is 29.7 cm³/mol. The minimum atomic E-state index is 0.821. The van der Waals surface area contributed by atoms with E-state index in [1.54, 1.807) is 6.20 Å². The van der Waals surface area contributed by atoms with E-state index in [1.807, 2.05) is 12.1 Å². The maximum absolute atomic E-state index is 5.56. The summed E-state index contributed by atoms with van der Waals surface area (Å²) >= 11 is 5.56. The highest BCUT2D eigenvalue weighted by Crippen LogP contribution is 2.04. The first-order valence-electron chi connectivity index (χ1n) is 2.11. The number of nitrogens with zero attached hydrogens (tertiary/aromatic N) is 1. The Morgan fingerprint density at radius 2 is 2.71 bits per heavy atom. The number of nitrogens with one attached hydrogen (secondary N) is 1. The molecular formula is C4H7ClN2. The van der Waals surface area contributed by atoms with Crippen LogP contribution in [0.4, 0.5) is 0 Å². The lowest BCUT2D eigenvalue weighted by Gasteiger charge is -2.04. The van der Waals surface area contributed by atoms with Crippen LogP contribution in [0.1, 0.15) is 0 Å². The molecule has 0 saturated heterocycles. The van der Waals surface area contributed by atoms with Gasteiger partial charge in [-0.05, 0) is 0 Å². The summed E-state index contributed by atoms with van der Waals surface area (Å²) in [5, 5.41) is 2.77. The first kappa shape index (κ1) is 4.94. The van der Waals surface area contributed by atoms with E-state index in [9.17, 15) is 0 Å². The van der Waals surface area contributed by atoms with Gasteiger partial charge in [-0.15, -0.1) is 0 Å². The lowest BCUT2D eigenvalue weighted by atomic mass is 10.6. The van der Waals surface area contributed by atoms with E-state index >= 15 is 0 Å². The highest BCUT2D eigenvalue weighted by molar-refractivity contribution is 6.29. The van der Waals surface area contributed by atoms with Crippen molar-refractivity contribution in [1.82, 2.24) is 10.4 Å². The van der Waals surface area contributed by atoms with E-state index in [2.05, 4.69) is 5.43 Å². The van der Waals surface area contributed by atoms with Gasteiger partial charge in [-0.1, -0.05) is 11.6 Å². The van der Waals surface area contributed by atoms with Gasteiger partial charge in [0.2, 0.25) is 0 Å². The Bertz CT molecular complexity index is 99.9. The van der Waals surface area contributed by atoms with Crippen LogP contribution in [-0.4, -0.2) is 18.6 Å². The first-order chi connectivity index (χ1) is 3.29. The maximum atomic E-state index is 5.56. The topological polar surface area (TPSA) is 15.3 Å².